The van der Waals surface area contributed by atoms with Crippen molar-refractivity contribution in [2.75, 3.05) is 24.7 Å². The molecule has 30 heavy (non-hydrogen) atoms. The van der Waals surface area contributed by atoms with E-state index in [0.29, 0.717) is 35.8 Å². The quantitative estimate of drug-likeness (QED) is 0.632. The molecule has 1 atom stereocenters. The fraction of sp³-hybridized carbons (Fsp3) is 0.364. The molecule has 0 aromatic carbocycles. The lowest BCUT2D eigenvalue weighted by Gasteiger charge is -2.34. The van der Waals surface area contributed by atoms with E-state index < -0.39 is 0 Å². The van der Waals surface area contributed by atoms with Gasteiger partial charge in [0.15, 0.2) is 0 Å². The second-order valence-electron chi connectivity index (χ2n) is 7.50. The van der Waals surface area contributed by atoms with Crippen molar-refractivity contribution in [1.29, 1.82) is 5.41 Å². The Labute approximate surface area is 176 Å². The van der Waals surface area contributed by atoms with E-state index in [1.165, 1.54) is 6.08 Å². The van der Waals surface area contributed by atoms with Crippen molar-refractivity contribution in [2.45, 2.75) is 32.9 Å². The maximum atomic E-state index is 7.35. The molecule has 1 saturated heterocycles. The van der Waals surface area contributed by atoms with E-state index >= 15 is 0 Å². The zero-order chi connectivity index (χ0) is 21.7. The number of hydrogen-bond donors (Lipinski definition) is 3. The molecule has 0 radical (unpaired) electrons. The van der Waals surface area contributed by atoms with Crippen LogP contribution >= 0.6 is 0 Å². The van der Waals surface area contributed by atoms with E-state index in [1.807, 2.05) is 26.0 Å². The highest BCUT2D eigenvalue weighted by atomic mass is 16.5. The maximum Gasteiger partial charge on any atom is 0.130 e. The van der Waals surface area contributed by atoms with Crippen LogP contribution in [0.3, 0.4) is 0 Å². The molecule has 8 nitrogen and oxygen atoms in total. The van der Waals surface area contributed by atoms with Crippen molar-refractivity contribution < 1.29 is 4.74 Å². The van der Waals surface area contributed by atoms with Gasteiger partial charge >= 0.3 is 0 Å². The Morgan fingerprint density at radius 1 is 1.33 bits per heavy atom. The maximum absolute atomic E-state index is 7.35. The average Bonchev–Trinajstić information content (AvgIpc) is 2.72. The van der Waals surface area contributed by atoms with Crippen LogP contribution in [0.4, 0.5) is 5.82 Å². The van der Waals surface area contributed by atoms with Gasteiger partial charge < -0.3 is 26.5 Å². The number of anilines is 1. The van der Waals surface area contributed by atoms with Crippen LogP contribution in [0.25, 0.3) is 22.3 Å². The van der Waals surface area contributed by atoms with Crippen LogP contribution in [0.5, 0.6) is 0 Å². The minimum Gasteiger partial charge on any atom is -0.398 e. The van der Waals surface area contributed by atoms with Crippen molar-refractivity contribution >= 4 is 40.5 Å². The van der Waals surface area contributed by atoms with E-state index in [0.717, 1.165) is 29.5 Å². The molecular weight excluding hydrogens is 378 g/mol. The number of aliphatic imine (C=N–C) groups is 1. The van der Waals surface area contributed by atoms with Crippen LogP contribution in [0.2, 0.25) is 0 Å². The molecule has 3 heterocycles. The molecule has 0 spiro atoms. The molecule has 1 aliphatic rings. The van der Waals surface area contributed by atoms with Gasteiger partial charge in [-0.25, -0.2) is 4.98 Å². The number of fused-ring (bicyclic) bond motifs is 1. The molecule has 2 aromatic heterocycles. The van der Waals surface area contributed by atoms with Gasteiger partial charge in [0.1, 0.15) is 17.0 Å². The number of aromatic nitrogens is 2. The lowest BCUT2D eigenvalue weighted by Crippen LogP contribution is -2.44. The fourth-order valence-electron chi connectivity index (χ4n) is 3.36. The minimum absolute atomic E-state index is 0.179. The lowest BCUT2D eigenvalue weighted by molar-refractivity contribution is 0.0985. The third-order valence-corrected chi connectivity index (χ3v) is 4.86. The van der Waals surface area contributed by atoms with Crippen LogP contribution in [0, 0.1) is 5.41 Å². The van der Waals surface area contributed by atoms with Crippen LogP contribution in [0.1, 0.15) is 32.0 Å². The number of nitrogens with one attached hydrogen (secondary N) is 1. The van der Waals surface area contributed by atoms with E-state index in [9.17, 15) is 0 Å². The van der Waals surface area contributed by atoms with Gasteiger partial charge in [-0.3, -0.25) is 9.98 Å². The summed E-state index contributed by atoms with van der Waals surface area (Å²) in [5, 5.41) is 8.19. The Kier molecular flexibility index (Phi) is 6.79. The first-order valence-corrected chi connectivity index (χ1v) is 10.0. The van der Waals surface area contributed by atoms with E-state index in [-0.39, 0.29) is 12.1 Å². The largest absolute Gasteiger partial charge is 0.398 e. The molecule has 0 unspecified atom stereocenters. The van der Waals surface area contributed by atoms with Crippen molar-refractivity contribution in [1.82, 2.24) is 9.97 Å². The number of nitrogens with two attached hydrogens (primary N) is 2. The normalized spacial score (nSPS) is 18.5. The monoisotopic (exact) mass is 407 g/mol. The molecule has 0 saturated carbocycles. The highest BCUT2D eigenvalue weighted by Gasteiger charge is 2.23. The Morgan fingerprint density at radius 2 is 2.13 bits per heavy atom. The summed E-state index contributed by atoms with van der Waals surface area (Å²) in [4.78, 5) is 15.9. The molecule has 0 aliphatic carbocycles. The minimum atomic E-state index is 0.179. The summed E-state index contributed by atoms with van der Waals surface area (Å²) in [6.45, 7) is 8.14. The Hall–Kier alpha value is -3.26. The van der Waals surface area contributed by atoms with Gasteiger partial charge in [-0.1, -0.05) is 0 Å². The van der Waals surface area contributed by atoms with Gasteiger partial charge in [0, 0.05) is 47.9 Å². The fourth-order valence-corrected chi connectivity index (χ4v) is 3.36. The molecule has 3 rings (SSSR count). The molecule has 1 aliphatic heterocycles. The number of morpholine rings is 1. The van der Waals surface area contributed by atoms with Crippen LogP contribution in [-0.2, 0) is 4.74 Å². The number of nitrogens with zero attached hydrogens (tertiary/aromatic N) is 4. The van der Waals surface area contributed by atoms with E-state index in [2.05, 4.69) is 21.8 Å². The lowest BCUT2D eigenvalue weighted by atomic mass is 10.0. The number of hydrogen-bond acceptors (Lipinski definition) is 8. The first kappa shape index (κ1) is 21.4. The van der Waals surface area contributed by atoms with Crippen molar-refractivity contribution in [3.8, 4) is 0 Å². The Balaban J connectivity index is 2.23. The van der Waals surface area contributed by atoms with Gasteiger partial charge in [-0.15, -0.1) is 0 Å². The van der Waals surface area contributed by atoms with Crippen molar-refractivity contribution in [3.63, 3.8) is 0 Å². The van der Waals surface area contributed by atoms with Crippen molar-refractivity contribution in [2.24, 2.45) is 16.5 Å². The second kappa shape index (κ2) is 9.49. The topological polar surface area (TPSA) is 126 Å². The number of pyridine rings is 2. The van der Waals surface area contributed by atoms with Crippen LogP contribution in [-0.4, -0.2) is 54.2 Å². The predicted octanol–water partition coefficient (Wildman–Crippen LogP) is 2.58. The standard InChI is InChI=1S/C22H29N7O/c1-14(2)26-9-6-18(24)17-12-20(29-10-11-30-13-15(29)3)28-21-16(17)5-8-27-22(21)19(25)4-7-23/h4-9,12,14-15,23H,10-11,13,24-25H2,1-3H3/b18-6?,19-4-,23-7?,26-9?/t15-/m1/s1. The molecule has 2 aromatic rings. The van der Waals surface area contributed by atoms with Crippen LogP contribution < -0.4 is 16.4 Å². The second-order valence-corrected chi connectivity index (χ2v) is 7.50. The molecule has 8 heteroatoms. The molecular formula is C22H29N7O. The summed E-state index contributed by atoms with van der Waals surface area (Å²) < 4.78 is 5.58. The van der Waals surface area contributed by atoms with E-state index in [1.54, 1.807) is 18.5 Å². The average molecular weight is 408 g/mol. The summed E-state index contributed by atoms with van der Waals surface area (Å²) in [5.41, 5.74) is 15.6. The van der Waals surface area contributed by atoms with Crippen molar-refractivity contribution in [3.05, 3.63) is 41.7 Å². The first-order chi connectivity index (χ1) is 14.4. The smallest absolute Gasteiger partial charge is 0.130 e. The summed E-state index contributed by atoms with van der Waals surface area (Å²) in [5.74, 6) is 0.794. The SMILES string of the molecule is CC(C)N=CC=C(N)c1cc(N2CCOC[C@H]2C)nc2c(/C(N)=C/C=N)nccc12. The number of allylic oxidation sites excluding steroid dienone is 2. The highest BCUT2D eigenvalue weighted by molar-refractivity contribution is 6.00. The number of rotatable bonds is 6. The molecule has 5 N–H and O–H groups in total. The molecule has 0 amide bonds. The van der Waals surface area contributed by atoms with Gasteiger partial charge in [-0.2, -0.15) is 0 Å². The highest BCUT2D eigenvalue weighted by Crippen LogP contribution is 2.30. The number of ether oxygens (including phenoxy) is 1. The zero-order valence-electron chi connectivity index (χ0n) is 17.7. The summed E-state index contributed by atoms with van der Waals surface area (Å²) in [6.07, 6.45) is 7.86. The van der Waals surface area contributed by atoms with Gasteiger partial charge in [0.2, 0.25) is 0 Å². The molecule has 1 fully saturated rings. The molecule has 158 valence electrons. The van der Waals surface area contributed by atoms with Gasteiger partial charge in [-0.05, 0) is 45.1 Å². The third kappa shape index (κ3) is 4.65. The van der Waals surface area contributed by atoms with E-state index in [4.69, 9.17) is 26.6 Å². The van der Waals surface area contributed by atoms with Gasteiger partial charge in [0.25, 0.3) is 0 Å². The molecule has 0 bridgehead atoms. The zero-order valence-corrected chi connectivity index (χ0v) is 17.7. The Bertz CT molecular complexity index is 1010. The summed E-state index contributed by atoms with van der Waals surface area (Å²) >= 11 is 0. The third-order valence-electron chi connectivity index (χ3n) is 4.86. The summed E-state index contributed by atoms with van der Waals surface area (Å²) in [7, 11) is 0. The van der Waals surface area contributed by atoms with Gasteiger partial charge in [0.05, 0.1) is 25.0 Å². The van der Waals surface area contributed by atoms with Crippen LogP contribution in [0.15, 0.2) is 35.5 Å². The predicted molar refractivity (Wildman–Crippen MR) is 124 cm³/mol. The first-order valence-electron chi connectivity index (χ1n) is 10.0. The Morgan fingerprint density at radius 3 is 2.83 bits per heavy atom. The summed E-state index contributed by atoms with van der Waals surface area (Å²) in [6, 6.07) is 4.25.